The summed E-state index contributed by atoms with van der Waals surface area (Å²) >= 11 is 0. The topological polar surface area (TPSA) is 72.5 Å². The molecule has 4 rings (SSSR count). The Kier molecular flexibility index (Phi) is 5.10. The van der Waals surface area contributed by atoms with E-state index < -0.39 is 0 Å². The third-order valence-electron chi connectivity index (χ3n) is 4.58. The standard InChI is InChI=1S/C22H21N3O3/c1-2-16-5-3-4-6-18(16)25-22(26)17-8-10-21(24-13-17)23-12-15-7-9-19-20(11-15)28-14-27-19/h3-11,13H,2,12,14H2,1H3,(H,23,24)(H,25,26). The highest BCUT2D eigenvalue weighted by Gasteiger charge is 2.13. The highest BCUT2D eigenvalue weighted by Crippen LogP contribution is 2.32. The van der Waals surface area contributed by atoms with Crippen molar-refractivity contribution >= 4 is 17.4 Å². The van der Waals surface area contributed by atoms with Gasteiger partial charge in [-0.25, -0.2) is 4.98 Å². The molecule has 0 radical (unpaired) electrons. The van der Waals surface area contributed by atoms with Crippen LogP contribution in [0.1, 0.15) is 28.4 Å². The smallest absolute Gasteiger partial charge is 0.257 e. The molecule has 0 fully saturated rings. The van der Waals surface area contributed by atoms with Gasteiger partial charge in [0.1, 0.15) is 5.82 Å². The van der Waals surface area contributed by atoms with Gasteiger partial charge in [-0.05, 0) is 47.9 Å². The molecule has 0 spiro atoms. The summed E-state index contributed by atoms with van der Waals surface area (Å²) in [7, 11) is 0. The molecule has 0 aliphatic carbocycles. The second-order valence-electron chi connectivity index (χ2n) is 6.44. The quantitative estimate of drug-likeness (QED) is 0.674. The zero-order chi connectivity index (χ0) is 19.3. The molecule has 0 bridgehead atoms. The molecule has 1 aliphatic rings. The fraction of sp³-hybridized carbons (Fsp3) is 0.182. The Balaban J connectivity index is 1.37. The van der Waals surface area contributed by atoms with E-state index in [1.54, 1.807) is 18.3 Å². The van der Waals surface area contributed by atoms with E-state index in [4.69, 9.17) is 9.47 Å². The minimum Gasteiger partial charge on any atom is -0.454 e. The van der Waals surface area contributed by atoms with Crippen molar-refractivity contribution < 1.29 is 14.3 Å². The lowest BCUT2D eigenvalue weighted by atomic mass is 10.1. The lowest BCUT2D eigenvalue weighted by molar-refractivity contribution is 0.102. The first-order chi connectivity index (χ1) is 13.7. The number of nitrogens with one attached hydrogen (secondary N) is 2. The third-order valence-corrected chi connectivity index (χ3v) is 4.58. The maximum absolute atomic E-state index is 12.5. The number of carbonyl (C=O) groups is 1. The van der Waals surface area contributed by atoms with Crippen molar-refractivity contribution in [2.45, 2.75) is 19.9 Å². The van der Waals surface area contributed by atoms with Gasteiger partial charge in [-0.1, -0.05) is 31.2 Å². The molecule has 0 saturated heterocycles. The summed E-state index contributed by atoms with van der Waals surface area (Å²) < 4.78 is 10.7. The highest BCUT2D eigenvalue weighted by atomic mass is 16.7. The number of nitrogens with zero attached hydrogens (tertiary/aromatic N) is 1. The van der Waals surface area contributed by atoms with Crippen LogP contribution in [0.2, 0.25) is 0 Å². The second kappa shape index (κ2) is 8.00. The van der Waals surface area contributed by atoms with Gasteiger partial charge >= 0.3 is 0 Å². The van der Waals surface area contributed by atoms with Crippen LogP contribution in [0, 0.1) is 0 Å². The second-order valence-corrected chi connectivity index (χ2v) is 6.44. The Morgan fingerprint density at radius 1 is 1.07 bits per heavy atom. The molecule has 2 heterocycles. The van der Waals surface area contributed by atoms with Gasteiger partial charge in [-0.15, -0.1) is 0 Å². The van der Waals surface area contributed by atoms with Gasteiger partial charge in [-0.3, -0.25) is 4.79 Å². The number of aryl methyl sites for hydroxylation is 1. The number of amides is 1. The summed E-state index contributed by atoms with van der Waals surface area (Å²) in [5, 5.41) is 6.20. The fourth-order valence-electron chi connectivity index (χ4n) is 3.02. The van der Waals surface area contributed by atoms with Gasteiger partial charge in [0.25, 0.3) is 5.91 Å². The molecule has 2 N–H and O–H groups in total. The number of hydrogen-bond donors (Lipinski definition) is 2. The molecule has 6 nitrogen and oxygen atoms in total. The SMILES string of the molecule is CCc1ccccc1NC(=O)c1ccc(NCc2ccc3c(c2)OCO3)nc1. The molecule has 2 aromatic carbocycles. The number of anilines is 2. The third kappa shape index (κ3) is 3.91. The predicted octanol–water partition coefficient (Wildman–Crippen LogP) is 4.24. The van der Waals surface area contributed by atoms with Gasteiger partial charge < -0.3 is 20.1 Å². The van der Waals surface area contributed by atoms with Crippen molar-refractivity contribution in [2.75, 3.05) is 17.4 Å². The van der Waals surface area contributed by atoms with E-state index in [2.05, 4.69) is 22.5 Å². The first-order valence-corrected chi connectivity index (χ1v) is 9.20. The highest BCUT2D eigenvalue weighted by molar-refractivity contribution is 6.04. The zero-order valence-corrected chi connectivity index (χ0v) is 15.6. The molecule has 142 valence electrons. The maximum Gasteiger partial charge on any atom is 0.257 e. The summed E-state index contributed by atoms with van der Waals surface area (Å²) in [6, 6.07) is 17.2. The van der Waals surface area contributed by atoms with Crippen LogP contribution >= 0.6 is 0 Å². The van der Waals surface area contributed by atoms with Crippen molar-refractivity contribution in [1.82, 2.24) is 4.98 Å². The molecule has 6 heteroatoms. The van der Waals surface area contributed by atoms with E-state index in [-0.39, 0.29) is 12.7 Å². The van der Waals surface area contributed by atoms with Crippen molar-refractivity contribution in [3.05, 3.63) is 77.5 Å². The predicted molar refractivity (Wildman–Crippen MR) is 108 cm³/mol. The number of rotatable bonds is 6. The number of carbonyl (C=O) groups excluding carboxylic acids is 1. The molecule has 28 heavy (non-hydrogen) atoms. The minimum absolute atomic E-state index is 0.171. The van der Waals surface area contributed by atoms with Gasteiger partial charge in [-0.2, -0.15) is 0 Å². The van der Waals surface area contributed by atoms with Crippen LogP contribution < -0.4 is 20.1 Å². The Labute approximate surface area is 163 Å². The fourth-order valence-corrected chi connectivity index (χ4v) is 3.02. The van der Waals surface area contributed by atoms with E-state index in [1.807, 2.05) is 42.5 Å². The number of benzene rings is 2. The number of pyridine rings is 1. The zero-order valence-electron chi connectivity index (χ0n) is 15.6. The van der Waals surface area contributed by atoms with E-state index in [0.717, 1.165) is 34.7 Å². The molecule has 0 unspecified atom stereocenters. The van der Waals surface area contributed by atoms with Crippen LogP contribution in [0.15, 0.2) is 60.8 Å². The van der Waals surface area contributed by atoms with Gasteiger partial charge in [0.05, 0.1) is 5.56 Å². The van der Waals surface area contributed by atoms with Crippen LogP contribution in [0.5, 0.6) is 11.5 Å². The summed E-state index contributed by atoms with van der Waals surface area (Å²) in [4.78, 5) is 16.8. The first kappa shape index (κ1) is 17.9. The largest absolute Gasteiger partial charge is 0.454 e. The number of aromatic nitrogens is 1. The Bertz CT molecular complexity index is 987. The maximum atomic E-state index is 12.5. The van der Waals surface area contributed by atoms with Crippen molar-refractivity contribution in [2.24, 2.45) is 0 Å². The molecule has 1 aliphatic heterocycles. The molecule has 1 aromatic heterocycles. The minimum atomic E-state index is -0.171. The molecule has 0 saturated carbocycles. The number of para-hydroxylation sites is 1. The van der Waals surface area contributed by atoms with Crippen molar-refractivity contribution in [3.63, 3.8) is 0 Å². The Hall–Kier alpha value is -3.54. The van der Waals surface area contributed by atoms with Crippen LogP contribution in [0.25, 0.3) is 0 Å². The summed E-state index contributed by atoms with van der Waals surface area (Å²) in [6.45, 7) is 2.92. The molecule has 3 aromatic rings. The van der Waals surface area contributed by atoms with E-state index in [9.17, 15) is 4.79 Å². The monoisotopic (exact) mass is 375 g/mol. The Morgan fingerprint density at radius 3 is 2.75 bits per heavy atom. The number of ether oxygens (including phenoxy) is 2. The van der Waals surface area contributed by atoms with Crippen LogP contribution in [-0.2, 0) is 13.0 Å². The summed E-state index contributed by atoms with van der Waals surface area (Å²) in [5.74, 6) is 2.05. The van der Waals surface area contributed by atoms with Gasteiger partial charge in [0, 0.05) is 18.4 Å². The molecule has 1 amide bonds. The number of hydrogen-bond acceptors (Lipinski definition) is 5. The molecule has 0 atom stereocenters. The average molecular weight is 375 g/mol. The summed E-state index contributed by atoms with van der Waals surface area (Å²) in [6.07, 6.45) is 2.43. The van der Waals surface area contributed by atoms with Crippen LogP contribution in [-0.4, -0.2) is 17.7 Å². The van der Waals surface area contributed by atoms with Crippen molar-refractivity contribution in [3.8, 4) is 11.5 Å². The number of fused-ring (bicyclic) bond motifs is 1. The summed E-state index contributed by atoms with van der Waals surface area (Å²) in [5.41, 5.74) is 3.51. The van der Waals surface area contributed by atoms with E-state index >= 15 is 0 Å². The van der Waals surface area contributed by atoms with Gasteiger partial charge in [0.2, 0.25) is 6.79 Å². The average Bonchev–Trinajstić information content (AvgIpc) is 3.21. The van der Waals surface area contributed by atoms with Crippen molar-refractivity contribution in [1.29, 1.82) is 0 Å². The molecular weight excluding hydrogens is 354 g/mol. The lowest BCUT2D eigenvalue weighted by Crippen LogP contribution is -2.13. The van der Waals surface area contributed by atoms with Gasteiger partial charge in [0.15, 0.2) is 11.5 Å². The molecular formula is C22H21N3O3. The van der Waals surface area contributed by atoms with E-state index in [0.29, 0.717) is 17.9 Å². The van der Waals surface area contributed by atoms with E-state index in [1.165, 1.54) is 0 Å². The first-order valence-electron chi connectivity index (χ1n) is 9.20. The normalized spacial score (nSPS) is 11.9. The lowest BCUT2D eigenvalue weighted by Gasteiger charge is -2.10. The van der Waals surface area contributed by atoms with Crippen LogP contribution in [0.3, 0.4) is 0 Å². The Morgan fingerprint density at radius 2 is 1.93 bits per heavy atom. The van der Waals surface area contributed by atoms with Crippen LogP contribution in [0.4, 0.5) is 11.5 Å².